The van der Waals surface area contributed by atoms with E-state index in [1.807, 2.05) is 12.1 Å². The van der Waals surface area contributed by atoms with Crippen molar-refractivity contribution in [3.05, 3.63) is 28.8 Å². The first-order valence-corrected chi connectivity index (χ1v) is 6.79. The zero-order valence-corrected chi connectivity index (χ0v) is 11.7. The van der Waals surface area contributed by atoms with Crippen LogP contribution in [0, 0.1) is 11.3 Å². The van der Waals surface area contributed by atoms with Gasteiger partial charge in [0.05, 0.1) is 0 Å². The molecule has 1 aliphatic rings. The van der Waals surface area contributed by atoms with Gasteiger partial charge in [0.2, 0.25) is 0 Å². The summed E-state index contributed by atoms with van der Waals surface area (Å²) in [6.07, 6.45) is 2.45. The number of nitrogens with zero attached hydrogens (tertiary/aromatic N) is 1. The second kappa shape index (κ2) is 5.19. The Morgan fingerprint density at radius 1 is 1.44 bits per heavy atom. The molecule has 2 unspecified atom stereocenters. The molecule has 1 heterocycles. The highest BCUT2D eigenvalue weighted by Crippen LogP contribution is 2.32. The topological polar surface area (TPSA) is 53.1 Å². The molecule has 2 rings (SSSR count). The maximum Gasteiger partial charge on any atom is 0.124 e. The summed E-state index contributed by atoms with van der Waals surface area (Å²) in [6, 6.07) is 6.10. The van der Waals surface area contributed by atoms with Gasteiger partial charge in [-0.3, -0.25) is 5.41 Å². The average Bonchev–Trinajstić information content (AvgIpc) is 2.33. The van der Waals surface area contributed by atoms with Gasteiger partial charge in [0.25, 0.3) is 0 Å². The smallest absolute Gasteiger partial charge is 0.124 e. The molecule has 1 fully saturated rings. The van der Waals surface area contributed by atoms with Crippen molar-refractivity contribution in [2.45, 2.75) is 32.7 Å². The molecule has 98 valence electrons. The lowest BCUT2D eigenvalue weighted by atomic mass is 9.91. The Balaban J connectivity index is 2.40. The maximum absolute atomic E-state index is 7.70. The first-order valence-electron chi connectivity index (χ1n) is 6.41. The molecule has 4 heteroatoms. The van der Waals surface area contributed by atoms with E-state index in [1.54, 1.807) is 6.07 Å². The molecule has 0 aromatic heterocycles. The van der Waals surface area contributed by atoms with Crippen LogP contribution in [0.4, 0.5) is 5.69 Å². The summed E-state index contributed by atoms with van der Waals surface area (Å²) >= 11 is 5.99. The lowest BCUT2D eigenvalue weighted by molar-refractivity contribution is 0.363. The highest BCUT2D eigenvalue weighted by molar-refractivity contribution is 6.31. The molecule has 3 N–H and O–H groups in total. The van der Waals surface area contributed by atoms with Gasteiger partial charge in [-0.05, 0) is 43.9 Å². The minimum atomic E-state index is 0.0814. The number of nitrogen functional groups attached to an aromatic ring is 1. The Morgan fingerprint density at radius 2 is 2.17 bits per heavy atom. The zero-order chi connectivity index (χ0) is 13.3. The van der Waals surface area contributed by atoms with E-state index >= 15 is 0 Å². The molecule has 0 amide bonds. The van der Waals surface area contributed by atoms with Gasteiger partial charge in [0.15, 0.2) is 0 Å². The van der Waals surface area contributed by atoms with Gasteiger partial charge in [-0.1, -0.05) is 18.5 Å². The first-order chi connectivity index (χ1) is 8.50. The van der Waals surface area contributed by atoms with Crippen LogP contribution in [0.3, 0.4) is 0 Å². The Bertz CT molecular complexity index is 458. The van der Waals surface area contributed by atoms with Crippen LogP contribution in [0.2, 0.25) is 5.02 Å². The number of amidine groups is 1. The molecule has 1 aliphatic heterocycles. The molecular formula is C14H20ClN3. The number of hydrogen-bond acceptors (Lipinski definition) is 2. The number of nitrogens with two attached hydrogens (primary N) is 1. The van der Waals surface area contributed by atoms with Gasteiger partial charge in [-0.25, -0.2) is 0 Å². The van der Waals surface area contributed by atoms with Crippen molar-refractivity contribution in [1.29, 1.82) is 5.41 Å². The van der Waals surface area contributed by atoms with Crippen molar-refractivity contribution >= 4 is 23.1 Å². The fraction of sp³-hybridized carbons (Fsp3) is 0.500. The van der Waals surface area contributed by atoms with Crippen LogP contribution in [0.5, 0.6) is 0 Å². The summed E-state index contributed by atoms with van der Waals surface area (Å²) in [6.45, 7) is 5.54. The van der Waals surface area contributed by atoms with Gasteiger partial charge in [-0.15, -0.1) is 0 Å². The largest absolute Gasteiger partial charge is 0.384 e. The second-order valence-corrected chi connectivity index (χ2v) is 5.57. The maximum atomic E-state index is 7.70. The van der Waals surface area contributed by atoms with E-state index in [0.29, 0.717) is 17.0 Å². The number of nitrogens with one attached hydrogen (secondary N) is 1. The highest BCUT2D eigenvalue weighted by atomic mass is 35.5. The molecule has 1 aromatic carbocycles. The fourth-order valence-corrected chi connectivity index (χ4v) is 2.82. The minimum absolute atomic E-state index is 0.0814. The van der Waals surface area contributed by atoms with Gasteiger partial charge < -0.3 is 10.6 Å². The molecule has 2 atom stereocenters. The Hall–Kier alpha value is -1.22. The summed E-state index contributed by atoms with van der Waals surface area (Å²) in [7, 11) is 0. The third-order valence-electron chi connectivity index (χ3n) is 3.93. The Kier molecular flexibility index (Phi) is 3.81. The third kappa shape index (κ3) is 2.46. The number of benzene rings is 1. The monoisotopic (exact) mass is 265 g/mol. The SMILES string of the molecule is CC1CCCN(c2ccc(Cl)cc2C(=N)N)C1C. The van der Waals surface area contributed by atoms with Crippen LogP contribution in [0.25, 0.3) is 0 Å². The molecule has 1 saturated heterocycles. The first kappa shape index (κ1) is 13.2. The van der Waals surface area contributed by atoms with Crippen molar-refractivity contribution in [1.82, 2.24) is 0 Å². The number of halogens is 1. The van der Waals surface area contributed by atoms with Crippen molar-refractivity contribution in [3.63, 3.8) is 0 Å². The van der Waals surface area contributed by atoms with E-state index in [4.69, 9.17) is 22.7 Å². The van der Waals surface area contributed by atoms with E-state index < -0.39 is 0 Å². The predicted octanol–water partition coefficient (Wildman–Crippen LogP) is 3.25. The van der Waals surface area contributed by atoms with Crippen LogP contribution in [0.15, 0.2) is 18.2 Å². The molecule has 0 bridgehead atoms. The van der Waals surface area contributed by atoms with Crippen molar-refractivity contribution in [2.24, 2.45) is 11.7 Å². The predicted molar refractivity (Wildman–Crippen MR) is 77.7 cm³/mol. The molecule has 18 heavy (non-hydrogen) atoms. The Morgan fingerprint density at radius 3 is 2.83 bits per heavy atom. The van der Waals surface area contributed by atoms with E-state index in [9.17, 15) is 0 Å². The van der Waals surface area contributed by atoms with Gasteiger partial charge >= 0.3 is 0 Å². The summed E-state index contributed by atoms with van der Waals surface area (Å²) in [5, 5.41) is 8.33. The van der Waals surface area contributed by atoms with Crippen molar-refractivity contribution in [3.8, 4) is 0 Å². The summed E-state index contributed by atoms with van der Waals surface area (Å²) in [5.41, 5.74) is 7.44. The number of hydrogen-bond donors (Lipinski definition) is 2. The van der Waals surface area contributed by atoms with Gasteiger partial charge in [-0.2, -0.15) is 0 Å². The highest BCUT2D eigenvalue weighted by Gasteiger charge is 2.26. The summed E-state index contributed by atoms with van der Waals surface area (Å²) in [5.74, 6) is 0.743. The fourth-order valence-electron chi connectivity index (χ4n) is 2.65. The van der Waals surface area contributed by atoms with Crippen LogP contribution in [-0.2, 0) is 0 Å². The van der Waals surface area contributed by atoms with Crippen molar-refractivity contribution < 1.29 is 0 Å². The number of anilines is 1. The molecule has 0 radical (unpaired) electrons. The normalized spacial score (nSPS) is 24.1. The van der Waals surface area contributed by atoms with Crippen molar-refractivity contribution in [2.75, 3.05) is 11.4 Å². The van der Waals surface area contributed by atoms with Crippen LogP contribution < -0.4 is 10.6 Å². The van der Waals surface area contributed by atoms with E-state index in [1.165, 1.54) is 12.8 Å². The van der Waals surface area contributed by atoms with Gasteiger partial charge in [0, 0.05) is 28.9 Å². The third-order valence-corrected chi connectivity index (χ3v) is 4.17. The zero-order valence-electron chi connectivity index (χ0n) is 10.9. The standard InChI is InChI=1S/C14H20ClN3/c1-9-4-3-7-18(10(9)2)13-6-5-11(15)8-12(13)14(16)17/h5-6,8-10H,3-4,7H2,1-2H3,(H3,16,17). The summed E-state index contributed by atoms with van der Waals surface area (Å²) in [4.78, 5) is 2.35. The van der Waals surface area contributed by atoms with E-state index in [-0.39, 0.29) is 5.84 Å². The average molecular weight is 266 g/mol. The summed E-state index contributed by atoms with van der Waals surface area (Å²) < 4.78 is 0. The number of piperidine rings is 1. The van der Waals surface area contributed by atoms with Crippen LogP contribution in [0.1, 0.15) is 32.3 Å². The van der Waals surface area contributed by atoms with Crippen LogP contribution >= 0.6 is 11.6 Å². The molecular weight excluding hydrogens is 246 g/mol. The molecule has 0 spiro atoms. The quantitative estimate of drug-likeness (QED) is 0.637. The lowest BCUT2D eigenvalue weighted by Crippen LogP contribution is -2.43. The number of rotatable bonds is 2. The lowest BCUT2D eigenvalue weighted by Gasteiger charge is -2.40. The van der Waals surface area contributed by atoms with E-state index in [0.717, 1.165) is 17.8 Å². The van der Waals surface area contributed by atoms with Crippen LogP contribution in [-0.4, -0.2) is 18.4 Å². The van der Waals surface area contributed by atoms with E-state index in [2.05, 4.69) is 18.7 Å². The van der Waals surface area contributed by atoms with Gasteiger partial charge in [0.1, 0.15) is 5.84 Å². The molecule has 0 aliphatic carbocycles. The minimum Gasteiger partial charge on any atom is -0.384 e. The molecule has 1 aromatic rings. The molecule has 0 saturated carbocycles. The second-order valence-electron chi connectivity index (χ2n) is 5.13. The Labute approximate surface area is 113 Å². The molecule has 3 nitrogen and oxygen atoms in total.